The molecule has 0 aliphatic carbocycles. The van der Waals surface area contributed by atoms with Crippen molar-refractivity contribution in [3.05, 3.63) is 72.6 Å². The van der Waals surface area contributed by atoms with Crippen LogP contribution in [-0.2, 0) is 6.54 Å². The lowest BCUT2D eigenvalue weighted by Gasteiger charge is -2.12. The second-order valence-electron chi connectivity index (χ2n) is 6.98. The van der Waals surface area contributed by atoms with E-state index in [4.69, 9.17) is 9.72 Å². The molecule has 26 heavy (non-hydrogen) atoms. The molecule has 3 nitrogen and oxygen atoms in total. The zero-order chi connectivity index (χ0) is 17.9. The number of fused-ring (bicyclic) bond motifs is 2. The summed E-state index contributed by atoms with van der Waals surface area (Å²) in [6, 6.07) is 23.0. The van der Waals surface area contributed by atoms with Crippen LogP contribution in [0.4, 0.5) is 0 Å². The van der Waals surface area contributed by atoms with Crippen molar-refractivity contribution in [1.82, 2.24) is 9.55 Å². The van der Waals surface area contributed by atoms with Crippen LogP contribution in [0.3, 0.4) is 0 Å². The highest BCUT2D eigenvalue weighted by Gasteiger charge is 2.12. The first-order valence-corrected chi connectivity index (χ1v) is 9.29. The Hall–Kier alpha value is -2.81. The van der Waals surface area contributed by atoms with Crippen LogP contribution in [0.2, 0.25) is 0 Å². The summed E-state index contributed by atoms with van der Waals surface area (Å²) >= 11 is 0. The first kappa shape index (κ1) is 16.6. The van der Waals surface area contributed by atoms with Gasteiger partial charge in [-0.25, -0.2) is 4.98 Å². The van der Waals surface area contributed by atoms with E-state index in [-0.39, 0.29) is 0 Å². The van der Waals surface area contributed by atoms with Crippen molar-refractivity contribution < 1.29 is 4.74 Å². The molecule has 0 radical (unpaired) electrons. The van der Waals surface area contributed by atoms with Gasteiger partial charge in [-0.1, -0.05) is 56.3 Å². The maximum absolute atomic E-state index is 5.99. The Labute approximate surface area is 154 Å². The Kier molecular flexibility index (Phi) is 4.61. The van der Waals surface area contributed by atoms with Crippen LogP contribution in [-0.4, -0.2) is 16.2 Å². The van der Waals surface area contributed by atoms with Crippen molar-refractivity contribution in [1.29, 1.82) is 0 Å². The lowest BCUT2D eigenvalue weighted by atomic mass is 10.1. The van der Waals surface area contributed by atoms with Crippen LogP contribution in [0, 0.1) is 0 Å². The molecular weight excluding hydrogens is 320 g/mol. The Morgan fingerprint density at radius 3 is 2.54 bits per heavy atom. The average Bonchev–Trinajstić information content (AvgIpc) is 3.04. The number of aryl methyl sites for hydroxylation is 1. The van der Waals surface area contributed by atoms with Crippen LogP contribution in [0.25, 0.3) is 21.8 Å². The SMILES string of the molecule is CC(C)c1nc2ccccc2n1CCCOc1ccc2ccccc2c1. The molecule has 1 aromatic heterocycles. The Bertz CT molecular complexity index is 1030. The number of hydrogen-bond acceptors (Lipinski definition) is 2. The first-order chi connectivity index (χ1) is 12.7. The van der Waals surface area contributed by atoms with Crippen LogP contribution in [0.1, 0.15) is 32.0 Å². The topological polar surface area (TPSA) is 27.1 Å². The van der Waals surface area contributed by atoms with E-state index < -0.39 is 0 Å². The fourth-order valence-electron chi connectivity index (χ4n) is 3.44. The summed E-state index contributed by atoms with van der Waals surface area (Å²) in [4.78, 5) is 4.81. The zero-order valence-electron chi connectivity index (χ0n) is 15.4. The summed E-state index contributed by atoms with van der Waals surface area (Å²) in [5.41, 5.74) is 2.29. The number of nitrogens with zero attached hydrogens (tertiary/aromatic N) is 2. The van der Waals surface area contributed by atoms with E-state index in [9.17, 15) is 0 Å². The van der Waals surface area contributed by atoms with Crippen molar-refractivity contribution in [3.63, 3.8) is 0 Å². The number of hydrogen-bond donors (Lipinski definition) is 0. The second kappa shape index (κ2) is 7.20. The molecule has 0 amide bonds. The smallest absolute Gasteiger partial charge is 0.119 e. The zero-order valence-corrected chi connectivity index (χ0v) is 15.4. The summed E-state index contributed by atoms with van der Waals surface area (Å²) in [6.07, 6.45) is 0.951. The van der Waals surface area contributed by atoms with Gasteiger partial charge in [-0.3, -0.25) is 0 Å². The third kappa shape index (κ3) is 3.30. The summed E-state index contributed by atoms with van der Waals surface area (Å²) in [7, 11) is 0. The molecule has 0 unspecified atom stereocenters. The van der Waals surface area contributed by atoms with E-state index in [0.29, 0.717) is 12.5 Å². The van der Waals surface area contributed by atoms with Gasteiger partial charge in [0.1, 0.15) is 11.6 Å². The molecule has 0 spiro atoms. The summed E-state index contributed by atoms with van der Waals surface area (Å²) < 4.78 is 8.33. The predicted octanol–water partition coefficient (Wildman–Crippen LogP) is 5.78. The molecule has 0 saturated carbocycles. The third-order valence-corrected chi connectivity index (χ3v) is 4.72. The number of rotatable bonds is 6. The van der Waals surface area contributed by atoms with E-state index >= 15 is 0 Å². The highest BCUT2D eigenvalue weighted by molar-refractivity contribution is 5.83. The second-order valence-corrected chi connectivity index (χ2v) is 6.98. The first-order valence-electron chi connectivity index (χ1n) is 9.29. The summed E-state index contributed by atoms with van der Waals surface area (Å²) in [6.45, 7) is 6.01. The van der Waals surface area contributed by atoms with Crippen molar-refractivity contribution in [3.8, 4) is 5.75 Å². The average molecular weight is 344 g/mol. The van der Waals surface area contributed by atoms with Crippen LogP contribution < -0.4 is 4.74 Å². The van der Waals surface area contributed by atoms with Crippen molar-refractivity contribution >= 4 is 21.8 Å². The summed E-state index contributed by atoms with van der Waals surface area (Å²) in [5.74, 6) is 2.49. The van der Waals surface area contributed by atoms with Gasteiger partial charge in [0.25, 0.3) is 0 Å². The molecule has 0 atom stereocenters. The van der Waals surface area contributed by atoms with E-state index in [1.54, 1.807) is 0 Å². The molecule has 0 N–H and O–H groups in total. The van der Waals surface area contributed by atoms with E-state index in [1.807, 2.05) is 6.07 Å². The van der Waals surface area contributed by atoms with Gasteiger partial charge >= 0.3 is 0 Å². The van der Waals surface area contributed by atoms with Crippen LogP contribution in [0.5, 0.6) is 5.75 Å². The number of ether oxygens (including phenoxy) is 1. The van der Waals surface area contributed by atoms with Crippen LogP contribution in [0.15, 0.2) is 66.7 Å². The normalized spacial score (nSPS) is 11.5. The molecule has 1 heterocycles. The molecule has 0 saturated heterocycles. The molecule has 4 aromatic rings. The van der Waals surface area contributed by atoms with Gasteiger partial charge in [-0.05, 0) is 41.5 Å². The highest BCUT2D eigenvalue weighted by atomic mass is 16.5. The van der Waals surface area contributed by atoms with Gasteiger partial charge in [0.05, 0.1) is 17.6 Å². The largest absolute Gasteiger partial charge is 0.494 e. The monoisotopic (exact) mass is 344 g/mol. The standard InChI is InChI=1S/C23H24N2O/c1-17(2)23-24-21-10-5-6-11-22(21)25(23)14-7-15-26-20-13-12-18-8-3-4-9-19(18)16-20/h3-6,8-13,16-17H,7,14-15H2,1-2H3. The minimum atomic E-state index is 0.406. The molecule has 3 aromatic carbocycles. The number of benzene rings is 3. The van der Waals surface area contributed by atoms with E-state index in [0.717, 1.165) is 30.1 Å². The number of para-hydroxylation sites is 2. The maximum Gasteiger partial charge on any atom is 0.119 e. The summed E-state index contributed by atoms with van der Waals surface area (Å²) in [5, 5.41) is 2.46. The molecule has 132 valence electrons. The predicted molar refractivity (Wildman–Crippen MR) is 108 cm³/mol. The quantitative estimate of drug-likeness (QED) is 0.414. The van der Waals surface area contributed by atoms with Crippen molar-refractivity contribution in [2.75, 3.05) is 6.61 Å². The molecule has 4 rings (SSSR count). The van der Waals surface area contributed by atoms with E-state index in [1.165, 1.54) is 16.3 Å². The fraction of sp³-hybridized carbons (Fsp3) is 0.261. The van der Waals surface area contributed by atoms with Gasteiger partial charge < -0.3 is 9.30 Å². The molecule has 0 aliphatic rings. The minimum absolute atomic E-state index is 0.406. The lowest BCUT2D eigenvalue weighted by molar-refractivity contribution is 0.302. The van der Waals surface area contributed by atoms with Crippen molar-refractivity contribution in [2.24, 2.45) is 0 Å². The molecule has 0 aliphatic heterocycles. The molecule has 0 fully saturated rings. The Balaban J connectivity index is 1.44. The fourth-order valence-corrected chi connectivity index (χ4v) is 3.44. The van der Waals surface area contributed by atoms with E-state index in [2.05, 4.69) is 79.1 Å². The molecular formula is C23H24N2O. The minimum Gasteiger partial charge on any atom is -0.494 e. The lowest BCUT2D eigenvalue weighted by Crippen LogP contribution is -2.09. The van der Waals surface area contributed by atoms with Gasteiger partial charge in [-0.2, -0.15) is 0 Å². The molecule has 0 bridgehead atoms. The van der Waals surface area contributed by atoms with Gasteiger partial charge in [0.15, 0.2) is 0 Å². The van der Waals surface area contributed by atoms with Crippen molar-refractivity contribution in [2.45, 2.75) is 32.7 Å². The number of imidazole rings is 1. The van der Waals surface area contributed by atoms with Gasteiger partial charge in [0, 0.05) is 12.5 Å². The highest BCUT2D eigenvalue weighted by Crippen LogP contribution is 2.23. The maximum atomic E-state index is 5.99. The van der Waals surface area contributed by atoms with Crippen LogP contribution >= 0.6 is 0 Å². The number of aromatic nitrogens is 2. The Morgan fingerprint density at radius 1 is 0.923 bits per heavy atom. The Morgan fingerprint density at radius 2 is 1.69 bits per heavy atom. The van der Waals surface area contributed by atoms with Gasteiger partial charge in [0.2, 0.25) is 0 Å². The third-order valence-electron chi connectivity index (χ3n) is 4.72. The van der Waals surface area contributed by atoms with Gasteiger partial charge in [-0.15, -0.1) is 0 Å². The molecule has 3 heteroatoms.